The third kappa shape index (κ3) is 42.6. The van der Waals surface area contributed by atoms with E-state index in [1.807, 2.05) is 0 Å². The monoisotopic (exact) mass is 1590 g/mol. The van der Waals surface area contributed by atoms with Crippen molar-refractivity contribution >= 4 is 90.6 Å². The fourth-order valence-electron chi connectivity index (χ4n) is 10.6. The molecule has 11 nitrogen and oxygen atoms in total. The first-order valence-electron chi connectivity index (χ1n) is 34.6. The van der Waals surface area contributed by atoms with E-state index in [2.05, 4.69) is 204 Å². The van der Waals surface area contributed by atoms with Crippen LogP contribution in [-0.2, 0) is 40.3 Å². The molecule has 0 spiro atoms. The molecule has 29 heteroatoms. The van der Waals surface area contributed by atoms with E-state index < -0.39 is 85.9 Å². The largest absolute Gasteiger partial charge is 1.00 e. The molecule has 0 saturated carbocycles. The minimum atomic E-state index is -6.09. The molecule has 0 aliphatic heterocycles. The van der Waals surface area contributed by atoms with Crippen LogP contribution in [-0.4, -0.2) is 140 Å². The Morgan fingerprint density at radius 3 is 0.556 bits per heavy atom. The Morgan fingerprint density at radius 2 is 0.465 bits per heavy atom. The van der Waals surface area contributed by atoms with Gasteiger partial charge in [-0.25, -0.2) is 33.7 Å². The summed E-state index contributed by atoms with van der Waals surface area (Å²) in [6, 6.07) is 43.8. The van der Waals surface area contributed by atoms with E-state index in [0.29, 0.717) is 0 Å². The number of halogens is 10. The van der Waals surface area contributed by atoms with Gasteiger partial charge in [-0.3, -0.25) is 0 Å². The summed E-state index contributed by atoms with van der Waals surface area (Å²) in [5.74, 6) is 0. The number of hydrogen-bond donors (Lipinski definition) is 0. The van der Waals surface area contributed by atoms with Crippen molar-refractivity contribution in [3.8, 4) is 0 Å². The molecule has 4 aromatic rings. The molecular weight excluding hydrogens is 1470 g/mol. The van der Waals surface area contributed by atoms with Gasteiger partial charge in [0.05, 0.1) is 84.0 Å². The van der Waals surface area contributed by atoms with E-state index in [4.69, 9.17) is 25.9 Å². The molecule has 0 aromatic heterocycles. The molecule has 0 aliphatic rings. The van der Waals surface area contributed by atoms with Gasteiger partial charge in [-0.1, -0.05) is 193 Å². The van der Waals surface area contributed by atoms with Gasteiger partial charge in [-0.15, -0.1) is 0 Å². The molecule has 0 amide bonds. The number of nitrogens with zero attached hydrogens (tertiary/aromatic N) is 1. The molecule has 0 fully saturated rings. The summed E-state index contributed by atoms with van der Waals surface area (Å²) >= 11 is 0. The smallest absolute Gasteiger partial charge is 0.485 e. The SMILES string of the molecule is CCCC[P+](CC)(CCCC)CCCC.CCCC[P+](CC)(CCCC)CCCC.CCCC[P+](CC)(CCCC)CCCC.CS(=O)(=O)[N-]S(=O)(=O)C(F)(F)F.O=S(=O)([O-])C(F)(F)F.O=S(=O)([O-])C(F)(F)F.[Cl-].c1ccc([P+](c2ccccc2)(c2ccccc2)c2ccccc2)cc1. The summed E-state index contributed by atoms with van der Waals surface area (Å²) in [5.41, 5.74) is -17.0. The topological polar surface area (TPSA) is 197 Å². The van der Waals surface area contributed by atoms with Crippen LogP contribution in [0.3, 0.4) is 0 Å². The lowest BCUT2D eigenvalue weighted by Gasteiger charge is -2.27. The standard InChI is InChI=1S/C24H20P.3C14H32P.C2H3F3NO4S2.2CHF3O3S.ClH/c1-5-13-21(14-6-1)25(22-15-7-2-8-16-22,23-17-9-3-10-18-23)24-19-11-4-12-20-24;3*1-5-9-12-15(8-4,13-10-6-2)14-11-7-3;1-11(7,8)6-12(9,10)2(3,4)5;2*2-1(3,4)8(5,6)7;/h1-20H;3*5-14H2,1-4H3;1H3;2*(H,5,6,7);1H/q4*+1;-1;;;/p-3. The van der Waals surface area contributed by atoms with Crippen molar-refractivity contribution in [1.29, 1.82) is 0 Å². The van der Waals surface area contributed by atoms with Crippen molar-refractivity contribution in [1.82, 2.24) is 0 Å². The third-order valence-electron chi connectivity index (χ3n) is 16.6. The maximum atomic E-state index is 11.4. The molecule has 0 radical (unpaired) electrons. The van der Waals surface area contributed by atoms with Crippen LogP contribution in [0.4, 0.5) is 39.5 Å². The minimum absolute atomic E-state index is 0. The molecule has 4 rings (SSSR count). The summed E-state index contributed by atoms with van der Waals surface area (Å²) in [6.45, 7) is 28.4. The van der Waals surface area contributed by atoms with E-state index in [0.717, 1.165) is 0 Å². The molecule has 0 saturated heterocycles. The zero-order chi connectivity index (χ0) is 75.9. The Balaban J connectivity index is -0.000000550. The van der Waals surface area contributed by atoms with Crippen LogP contribution < -0.4 is 33.6 Å². The summed E-state index contributed by atoms with van der Waals surface area (Å²) in [7, 11) is -26.1. The van der Waals surface area contributed by atoms with Gasteiger partial charge in [-0.2, -0.15) is 39.5 Å². The second-order valence-electron chi connectivity index (χ2n) is 24.2. The third-order valence-corrected chi connectivity index (χ3v) is 39.8. The minimum Gasteiger partial charge on any atom is -1.00 e. The van der Waals surface area contributed by atoms with E-state index in [1.165, 1.54) is 155 Å². The van der Waals surface area contributed by atoms with Crippen molar-refractivity contribution in [3.05, 3.63) is 125 Å². The highest BCUT2D eigenvalue weighted by Crippen LogP contribution is 2.62. The van der Waals surface area contributed by atoms with Crippen LogP contribution in [0, 0.1) is 0 Å². The predicted octanol–water partition coefficient (Wildman–Crippen LogP) is 17.9. The molecule has 0 N–H and O–H groups in total. The number of rotatable bonds is 36. The molecular formula is C70H119ClF9NO10P4S4. The summed E-state index contributed by atoms with van der Waals surface area (Å²) in [6.07, 6.45) is 44.8. The molecule has 0 heterocycles. The van der Waals surface area contributed by atoms with Gasteiger partial charge in [0.1, 0.15) is 28.5 Å². The second kappa shape index (κ2) is 53.7. The van der Waals surface area contributed by atoms with E-state index in [1.54, 1.807) is 59.6 Å². The Bertz CT molecular complexity index is 2750. The highest BCUT2D eigenvalue weighted by atomic mass is 35.5. The van der Waals surface area contributed by atoms with E-state index in [-0.39, 0.29) is 18.7 Å². The van der Waals surface area contributed by atoms with Gasteiger partial charge in [0.25, 0.3) is 0 Å². The van der Waals surface area contributed by atoms with Crippen molar-refractivity contribution in [2.24, 2.45) is 0 Å². The summed E-state index contributed by atoms with van der Waals surface area (Å²) in [5, 5.41) is 5.55. The highest BCUT2D eigenvalue weighted by molar-refractivity contribution is 8.12. The van der Waals surface area contributed by atoms with Crippen molar-refractivity contribution in [2.75, 3.05) is 80.2 Å². The normalized spacial score (nSPS) is 12.3. The summed E-state index contributed by atoms with van der Waals surface area (Å²) in [4.78, 5) is 0. The average Bonchev–Trinajstić information content (AvgIpc) is 0.739. The van der Waals surface area contributed by atoms with Gasteiger partial charge < -0.3 is 25.6 Å². The van der Waals surface area contributed by atoms with Crippen molar-refractivity contribution < 1.29 is 94.7 Å². The van der Waals surface area contributed by atoms with Crippen LogP contribution in [0.2, 0.25) is 0 Å². The zero-order valence-electron chi connectivity index (χ0n) is 61.0. The van der Waals surface area contributed by atoms with Crippen molar-refractivity contribution in [2.45, 2.75) is 215 Å². The molecule has 4 aromatic carbocycles. The molecule has 99 heavy (non-hydrogen) atoms. The first kappa shape index (κ1) is 103. The van der Waals surface area contributed by atoms with E-state index in [9.17, 15) is 56.3 Å². The number of sulfonamides is 2. The van der Waals surface area contributed by atoms with E-state index >= 15 is 0 Å². The first-order valence-corrected chi connectivity index (χ1v) is 50.1. The predicted molar refractivity (Wildman–Crippen MR) is 406 cm³/mol. The van der Waals surface area contributed by atoms with Crippen molar-refractivity contribution in [3.63, 3.8) is 0 Å². The van der Waals surface area contributed by atoms with Crippen LogP contribution in [0.1, 0.15) is 199 Å². The maximum Gasteiger partial charge on any atom is 0.485 e. The lowest BCUT2D eigenvalue weighted by atomic mass is 10.3. The van der Waals surface area contributed by atoms with Gasteiger partial charge in [0, 0.05) is 28.0 Å². The number of hydrogen-bond acceptors (Lipinski definition) is 10. The molecule has 0 atom stereocenters. The number of unbranched alkanes of at least 4 members (excludes halogenated alkanes) is 9. The fraction of sp³-hybridized carbons (Fsp3) is 0.657. The van der Waals surface area contributed by atoms with Crippen LogP contribution >= 0.6 is 29.0 Å². The van der Waals surface area contributed by atoms with Gasteiger partial charge in [0.2, 0.25) is 0 Å². The van der Waals surface area contributed by atoms with Crippen LogP contribution in [0.25, 0.3) is 4.13 Å². The zero-order valence-corrected chi connectivity index (χ0v) is 68.6. The number of alkyl halides is 9. The molecule has 0 unspecified atom stereocenters. The van der Waals surface area contributed by atoms with Crippen LogP contribution in [0.15, 0.2) is 121 Å². The highest BCUT2D eigenvalue weighted by Gasteiger charge is 2.48. The van der Waals surface area contributed by atoms with Gasteiger partial charge >= 0.3 is 16.5 Å². The Morgan fingerprint density at radius 1 is 0.313 bits per heavy atom. The first-order chi connectivity index (χ1) is 45.6. The molecule has 578 valence electrons. The second-order valence-corrected chi connectivity index (χ2v) is 47.8. The van der Waals surface area contributed by atoms with Gasteiger partial charge in [-0.05, 0) is 127 Å². The summed E-state index contributed by atoms with van der Waals surface area (Å²) < 4.78 is 194. The lowest BCUT2D eigenvalue weighted by molar-refractivity contribution is -0.0522. The lowest BCUT2D eigenvalue weighted by Crippen LogP contribution is -3.00. The van der Waals surface area contributed by atoms with Crippen LogP contribution in [0.5, 0.6) is 0 Å². The average molecular weight is 1590 g/mol. The Hall–Kier alpha value is -2.06. The Kier molecular flexibility index (Phi) is 56.0. The fourth-order valence-corrected chi connectivity index (χ4v) is 30.4. The molecule has 0 aliphatic carbocycles. The van der Waals surface area contributed by atoms with Gasteiger partial charge in [0.15, 0.2) is 30.3 Å². The molecule has 0 bridgehead atoms. The number of benzene rings is 4. The maximum absolute atomic E-state index is 11.4. The quantitative estimate of drug-likeness (QED) is 0.0183. The Labute approximate surface area is 602 Å².